The van der Waals surface area contributed by atoms with Gasteiger partial charge in [0, 0.05) is 111 Å². The number of hydrogen-bond donors (Lipinski definition) is 3. The van der Waals surface area contributed by atoms with Crippen molar-refractivity contribution in [2.45, 2.75) is 85.2 Å². The van der Waals surface area contributed by atoms with Crippen LogP contribution in [0.1, 0.15) is 96.3 Å². The van der Waals surface area contributed by atoms with Crippen LogP contribution in [0.4, 0.5) is 0 Å². The molecule has 3 aliphatic rings. The zero-order valence-electron chi connectivity index (χ0n) is 45.8. The van der Waals surface area contributed by atoms with Crippen molar-refractivity contribution in [3.05, 3.63) is 209 Å². The van der Waals surface area contributed by atoms with Crippen molar-refractivity contribution in [3.63, 3.8) is 0 Å². The van der Waals surface area contributed by atoms with E-state index in [1.54, 1.807) is 0 Å². The topological polar surface area (TPSA) is 47.5 Å². The van der Waals surface area contributed by atoms with E-state index < -0.39 is 5.60 Å². The number of halogens is 2. The quantitative estimate of drug-likeness (QED) is 0.115. The number of nitrogens with one attached hydrogen (secondary N) is 2. The van der Waals surface area contributed by atoms with Crippen LogP contribution in [0.15, 0.2) is 170 Å². The standard InChI is InChI=1S/C18H19N.C17H19NO.C17H19N.3C2H6.3CH3.2HI.V.3Y/c1-19-13-11-18(12-14-19)17-9-7-16(8-10-17)15-5-3-2-4-6-15;19-17(10-12-18-13-11-17)16-8-6-15(7-9-16)14-4-2-1-3-5-14;1-2-4-14(5-3-1)15-6-8-16(9-7-15)17-10-12-18-13-11-17;3*1-2;;;;;;;;;/h2-11H,12-14H2,1H3;1-9,18-19H,10-13H2;1-9,17-18H,10-13H2;3*1-2H3;3*1H3;2*1H;;;;/q;;;;;;3*-1;;;+2;;;/p-2/i/hD. The van der Waals surface area contributed by atoms with Crippen LogP contribution < -0.4 is 10.6 Å². The van der Waals surface area contributed by atoms with E-state index in [0.717, 1.165) is 49.6 Å². The number of benzene rings is 6. The summed E-state index contributed by atoms with van der Waals surface area (Å²) >= 11 is 4.74. The summed E-state index contributed by atoms with van der Waals surface area (Å²) in [5.41, 5.74) is 12.1. The number of rotatable bonds is 6. The minimum absolute atomic E-state index is 0. The van der Waals surface area contributed by atoms with Crippen LogP contribution >= 0.6 is 40.0 Å². The molecule has 380 valence electrons. The number of hydrogen-bond acceptors (Lipinski definition) is 4. The first-order valence-electron chi connectivity index (χ1n) is 24.2. The van der Waals surface area contributed by atoms with Gasteiger partial charge in [-0.15, -0.1) is 0 Å². The molecule has 6 aromatic rings. The molecule has 0 atom stereocenters. The average Bonchev–Trinajstić information content (AvgIpc) is 3.41. The van der Waals surface area contributed by atoms with Gasteiger partial charge < -0.3 is 42.9 Å². The molecule has 3 aliphatic heterocycles. The summed E-state index contributed by atoms with van der Waals surface area (Å²) in [5.74, 6) is 0.746. The van der Waals surface area contributed by atoms with Crippen LogP contribution in [0, 0.1) is 22.3 Å². The van der Waals surface area contributed by atoms with Gasteiger partial charge in [-0.05, 0) is 127 Å². The molecule has 0 amide bonds. The predicted octanol–water partition coefficient (Wildman–Crippen LogP) is 17.0. The first-order valence-corrected chi connectivity index (χ1v) is 32.8. The van der Waals surface area contributed by atoms with Crippen molar-refractivity contribution in [1.29, 1.82) is 0 Å². The molecule has 0 spiro atoms. The molecule has 6 aromatic carbocycles. The van der Waals surface area contributed by atoms with E-state index in [0.29, 0.717) is 35.4 Å². The molecule has 3 heterocycles. The van der Waals surface area contributed by atoms with Crippen LogP contribution in [0.25, 0.3) is 39.0 Å². The Hall–Kier alpha value is 0.256. The predicted molar refractivity (Wildman–Crippen MR) is 318 cm³/mol. The van der Waals surface area contributed by atoms with Crippen LogP contribution in [0.5, 0.6) is 0 Å². The summed E-state index contributed by atoms with van der Waals surface area (Å²) in [4.78, 5) is 2.35. The molecule has 10 heteroatoms. The minimum atomic E-state index is -0.771. The van der Waals surface area contributed by atoms with Crippen molar-refractivity contribution in [1.82, 2.24) is 15.5 Å². The third kappa shape index (κ3) is 27.9. The van der Waals surface area contributed by atoms with Crippen molar-refractivity contribution in [2.24, 2.45) is 0 Å². The van der Waals surface area contributed by atoms with Crippen LogP contribution in [0.2, 0.25) is 1.41 Å². The Kier molecular flexibility index (Phi) is 50.5. The van der Waals surface area contributed by atoms with Gasteiger partial charge in [-0.25, -0.2) is 0 Å². The SMILES string of the molecule is CC.CC.CC.CN1CC=C(c2ccc(-c3ccccc3)cc2)CC1.[2H]N1CCC(O)(c2ccc(-c3ccccc3)cc2)CC1.[CH3-].[CH3-].[CH3-].[I][V][I].[Y].[Y].[Y].c1ccc(-c2ccc(C3CCNCC3)cc2)cc1. The Balaban J connectivity index is -0.000000429. The maximum atomic E-state index is 10.7. The third-order valence-electron chi connectivity index (χ3n) is 11.5. The van der Waals surface area contributed by atoms with Crippen molar-refractivity contribution >= 4 is 45.5 Å². The largest absolute Gasteiger partial charge is 0.317 e. The number of aliphatic hydroxyl groups is 1. The van der Waals surface area contributed by atoms with Crippen LogP contribution in [-0.4, -0.2) is 56.3 Å². The first kappa shape index (κ1) is 75.5. The second kappa shape index (κ2) is 47.5. The van der Waals surface area contributed by atoms with Gasteiger partial charge in [-0.3, -0.25) is 0 Å². The maximum absolute atomic E-state index is 10.7. The first-order chi connectivity index (χ1) is 32.3. The zero-order chi connectivity index (χ0) is 48.0. The van der Waals surface area contributed by atoms with E-state index in [4.69, 9.17) is 1.41 Å². The summed E-state index contributed by atoms with van der Waals surface area (Å²) in [6, 6.07) is 57.6. The fraction of sp³-hybridized carbons (Fsp3) is 0.328. The van der Waals surface area contributed by atoms with E-state index in [-0.39, 0.29) is 120 Å². The molecule has 0 unspecified atom stereocenters. The second-order valence-corrected chi connectivity index (χ2v) is 27.2. The molecule has 0 aromatic heterocycles. The third-order valence-corrected chi connectivity index (χ3v) is 11.5. The molecule has 9 rings (SSSR count). The fourth-order valence-corrected chi connectivity index (χ4v) is 7.93. The Labute approximate surface area is 541 Å². The summed E-state index contributed by atoms with van der Waals surface area (Å²) in [6.07, 6.45) is 7.29. The van der Waals surface area contributed by atoms with Gasteiger partial charge in [-0.1, -0.05) is 211 Å². The Bertz CT molecular complexity index is 2160. The summed E-state index contributed by atoms with van der Waals surface area (Å²) < 4.78 is 7.58. The minimum Gasteiger partial charge on any atom is -0.317 e. The molecule has 71 heavy (non-hydrogen) atoms. The smallest absolute Gasteiger partial charge is 0 e. The molecular formula is C61H84I2N3OVY3-3. The summed E-state index contributed by atoms with van der Waals surface area (Å²) in [5, 5.41) is 15.7. The van der Waals surface area contributed by atoms with E-state index >= 15 is 0 Å². The van der Waals surface area contributed by atoms with Gasteiger partial charge in [0.2, 0.25) is 0 Å². The van der Waals surface area contributed by atoms with Gasteiger partial charge in [0.05, 0.1) is 5.60 Å². The normalized spacial score (nSPS) is 14.3. The molecule has 0 bridgehead atoms. The summed E-state index contributed by atoms with van der Waals surface area (Å²) in [6.45, 7) is 17.8. The van der Waals surface area contributed by atoms with Gasteiger partial charge in [0.15, 0.2) is 0 Å². The monoisotopic (exact) mass is 1450 g/mol. The molecule has 2 fully saturated rings. The number of nitrogens with zero attached hydrogens (tertiary/aromatic N) is 1. The average molecular weight is 1450 g/mol. The van der Waals surface area contributed by atoms with E-state index in [9.17, 15) is 5.11 Å². The van der Waals surface area contributed by atoms with Crippen LogP contribution in [0.3, 0.4) is 0 Å². The second-order valence-electron chi connectivity index (χ2n) is 15.4. The Morgan fingerprint density at radius 1 is 0.535 bits per heavy atom. The van der Waals surface area contributed by atoms with Gasteiger partial charge in [0.25, 0.3) is 0 Å². The fourth-order valence-electron chi connectivity index (χ4n) is 7.93. The molecule has 0 aliphatic carbocycles. The van der Waals surface area contributed by atoms with Crippen molar-refractivity contribution in [3.8, 4) is 33.4 Å². The molecule has 3 N–H and O–H groups in total. The number of piperidine rings is 2. The molecular weight excluding hydrogens is 1360 g/mol. The van der Waals surface area contributed by atoms with E-state index in [2.05, 4.69) is 197 Å². The van der Waals surface area contributed by atoms with Gasteiger partial charge in [0.1, 0.15) is 1.41 Å². The maximum Gasteiger partial charge on any atom is 0 e. The van der Waals surface area contributed by atoms with Crippen LogP contribution in [-0.2, 0) is 113 Å². The van der Waals surface area contributed by atoms with E-state index in [1.165, 1.54) is 62.7 Å². The Morgan fingerprint density at radius 2 is 0.873 bits per heavy atom. The molecule has 2 saturated heterocycles. The van der Waals surface area contributed by atoms with E-state index in [1.807, 2.05) is 71.9 Å². The number of likely N-dealkylation sites (N-methyl/N-ethyl adjacent to an activating group) is 1. The summed E-state index contributed by atoms with van der Waals surface area (Å²) in [7, 11) is 2.80. The van der Waals surface area contributed by atoms with Gasteiger partial charge >= 0.3 is 49.4 Å². The molecule has 4 nitrogen and oxygen atoms in total. The Morgan fingerprint density at radius 3 is 1.24 bits per heavy atom. The zero-order valence-corrected chi connectivity index (χ0v) is 59.0. The van der Waals surface area contributed by atoms with Crippen molar-refractivity contribution < 1.29 is 114 Å². The van der Waals surface area contributed by atoms with Gasteiger partial charge in [-0.2, -0.15) is 0 Å². The van der Waals surface area contributed by atoms with Crippen molar-refractivity contribution in [2.75, 3.05) is 46.3 Å². The molecule has 0 saturated carbocycles. The molecule has 3 radical (unpaired) electrons.